The van der Waals surface area contributed by atoms with Gasteiger partial charge in [-0.1, -0.05) is 48.0 Å². The first kappa shape index (κ1) is 31.4. The third-order valence-corrected chi connectivity index (χ3v) is 9.27. The number of alkyl halides is 3. The van der Waals surface area contributed by atoms with E-state index in [0.717, 1.165) is 84.7 Å². The number of amides is 1. The Bertz CT molecular complexity index is 1630. The number of fused-ring (bicyclic) bond motifs is 1. The molecule has 2 N–H and O–H groups in total. The van der Waals surface area contributed by atoms with Crippen LogP contribution in [0.3, 0.4) is 0 Å². The van der Waals surface area contributed by atoms with Gasteiger partial charge in [0, 0.05) is 86.1 Å². The van der Waals surface area contributed by atoms with Crippen LogP contribution in [-0.2, 0) is 17.9 Å². The summed E-state index contributed by atoms with van der Waals surface area (Å²) in [6.07, 6.45) is -1.04. The van der Waals surface area contributed by atoms with Crippen LogP contribution in [0.25, 0.3) is 22.0 Å². The smallest absolute Gasteiger partial charge is 0.406 e. The van der Waals surface area contributed by atoms with E-state index in [4.69, 9.17) is 17.3 Å². The molecule has 0 saturated carbocycles. The number of nitrogens with zero attached hydrogens (tertiary/aromatic N) is 4. The third kappa shape index (κ3) is 7.47. The number of carbonyl (C=O) groups excluding carboxylic acids is 1. The fourth-order valence-electron chi connectivity index (χ4n) is 6.52. The second kappa shape index (κ2) is 13.4. The average molecular weight is 640 g/mol. The summed E-state index contributed by atoms with van der Waals surface area (Å²) in [5, 5.41) is 1.85. The molecule has 238 valence electrons. The van der Waals surface area contributed by atoms with Crippen molar-refractivity contribution < 1.29 is 22.7 Å². The molecule has 45 heavy (non-hydrogen) atoms. The molecule has 0 spiro atoms. The monoisotopic (exact) mass is 639 g/mol. The minimum atomic E-state index is -4.74. The van der Waals surface area contributed by atoms with Crippen molar-refractivity contribution in [2.75, 3.05) is 45.8 Å². The van der Waals surface area contributed by atoms with E-state index in [1.54, 1.807) is 12.1 Å². The van der Waals surface area contributed by atoms with Crippen LogP contribution in [0.4, 0.5) is 13.2 Å². The molecule has 11 heteroatoms. The number of ether oxygens (including phenoxy) is 1. The predicted molar refractivity (Wildman–Crippen MR) is 170 cm³/mol. The number of carbonyl (C=O) groups is 1. The van der Waals surface area contributed by atoms with Gasteiger partial charge in [-0.3, -0.25) is 14.6 Å². The van der Waals surface area contributed by atoms with Crippen molar-refractivity contribution in [3.63, 3.8) is 0 Å². The highest BCUT2D eigenvalue weighted by Gasteiger charge is 2.31. The van der Waals surface area contributed by atoms with Gasteiger partial charge in [-0.05, 0) is 59.9 Å². The van der Waals surface area contributed by atoms with E-state index in [9.17, 15) is 18.0 Å². The summed E-state index contributed by atoms with van der Waals surface area (Å²) >= 11 is 6.38. The number of likely N-dealkylation sites (tertiary alicyclic amines) is 1. The molecule has 0 aliphatic carbocycles. The van der Waals surface area contributed by atoms with Gasteiger partial charge in [-0.15, -0.1) is 13.2 Å². The molecule has 0 bridgehead atoms. The maximum absolute atomic E-state index is 12.8. The van der Waals surface area contributed by atoms with Gasteiger partial charge in [0.15, 0.2) is 0 Å². The van der Waals surface area contributed by atoms with Crippen LogP contribution in [-0.4, -0.2) is 77.3 Å². The third-order valence-electron chi connectivity index (χ3n) is 8.90. The summed E-state index contributed by atoms with van der Waals surface area (Å²) in [5.41, 5.74) is 10.7. The number of hydrogen-bond donors (Lipinski definition) is 1. The second-order valence-electron chi connectivity index (χ2n) is 11.8. The Hall–Kier alpha value is -3.57. The minimum absolute atomic E-state index is 0.00845. The zero-order valence-corrected chi connectivity index (χ0v) is 25.7. The highest BCUT2D eigenvalue weighted by molar-refractivity contribution is 6.31. The fraction of sp³-hybridized carbons (Fsp3) is 0.382. The lowest BCUT2D eigenvalue weighted by molar-refractivity contribution is -0.274. The lowest BCUT2D eigenvalue weighted by Gasteiger charge is -2.35. The number of benzene rings is 3. The standard InChI is InChI=1S/C34H37ClF3N5O2/c35-31-4-2-1-3-26(31)22-41-17-15-40(16-18-41)21-24-5-10-32-29(19-24)30(25-6-8-28(9-7-25)45-34(36,37)38)23-43(32)27-11-13-42(14-12-27)33(44)20-39/h1-10,19,23,27H,11-18,20-22,39H2. The quantitative estimate of drug-likeness (QED) is 0.245. The number of rotatable bonds is 8. The molecule has 1 aromatic heterocycles. The number of piperazine rings is 1. The van der Waals surface area contributed by atoms with Crippen LogP contribution >= 0.6 is 11.6 Å². The van der Waals surface area contributed by atoms with Crippen molar-refractivity contribution in [2.24, 2.45) is 5.73 Å². The molecule has 3 aromatic carbocycles. The van der Waals surface area contributed by atoms with Gasteiger partial charge in [0.25, 0.3) is 0 Å². The molecule has 6 rings (SSSR count). The summed E-state index contributed by atoms with van der Waals surface area (Å²) in [6, 6.07) is 20.8. The predicted octanol–water partition coefficient (Wildman–Crippen LogP) is 6.30. The molecule has 2 aliphatic heterocycles. The summed E-state index contributed by atoms with van der Waals surface area (Å²) in [6.45, 7) is 6.71. The molecule has 7 nitrogen and oxygen atoms in total. The van der Waals surface area contributed by atoms with Gasteiger partial charge in [0.2, 0.25) is 5.91 Å². The molecule has 1 amide bonds. The summed E-state index contributed by atoms with van der Waals surface area (Å²) in [7, 11) is 0. The number of aromatic nitrogens is 1. The van der Waals surface area contributed by atoms with Crippen LogP contribution in [0.1, 0.15) is 30.0 Å². The van der Waals surface area contributed by atoms with Crippen molar-refractivity contribution in [2.45, 2.75) is 38.3 Å². The summed E-state index contributed by atoms with van der Waals surface area (Å²) < 4.78 is 44.7. The largest absolute Gasteiger partial charge is 0.573 e. The first-order valence-corrected chi connectivity index (χ1v) is 15.7. The normalized spacial score (nSPS) is 17.2. The maximum atomic E-state index is 12.8. The average Bonchev–Trinajstić information content (AvgIpc) is 3.41. The van der Waals surface area contributed by atoms with Crippen molar-refractivity contribution in [1.29, 1.82) is 0 Å². The Kier molecular flexibility index (Phi) is 9.37. The van der Waals surface area contributed by atoms with Crippen LogP contribution in [0.5, 0.6) is 5.75 Å². The van der Waals surface area contributed by atoms with Gasteiger partial charge in [0.05, 0.1) is 6.54 Å². The van der Waals surface area contributed by atoms with Crippen molar-refractivity contribution in [3.05, 3.63) is 89.1 Å². The van der Waals surface area contributed by atoms with Gasteiger partial charge in [0.1, 0.15) is 5.75 Å². The van der Waals surface area contributed by atoms with E-state index in [1.165, 1.54) is 17.7 Å². The van der Waals surface area contributed by atoms with E-state index >= 15 is 0 Å². The van der Waals surface area contributed by atoms with Crippen LogP contribution in [0.15, 0.2) is 72.9 Å². The summed E-state index contributed by atoms with van der Waals surface area (Å²) in [4.78, 5) is 18.8. The van der Waals surface area contributed by atoms with Crippen molar-refractivity contribution in [3.8, 4) is 16.9 Å². The van der Waals surface area contributed by atoms with Gasteiger partial charge in [-0.2, -0.15) is 0 Å². The second-order valence-corrected chi connectivity index (χ2v) is 12.2. The Morgan fingerprint density at radius 1 is 0.889 bits per heavy atom. The number of halogens is 4. The molecular formula is C34H37ClF3N5O2. The molecular weight excluding hydrogens is 603 g/mol. The zero-order valence-electron chi connectivity index (χ0n) is 25.0. The van der Waals surface area contributed by atoms with Crippen molar-refractivity contribution >= 4 is 28.4 Å². The van der Waals surface area contributed by atoms with Crippen LogP contribution in [0, 0.1) is 0 Å². The first-order chi connectivity index (χ1) is 21.7. The van der Waals surface area contributed by atoms with Gasteiger partial charge < -0.3 is 19.9 Å². The Balaban J connectivity index is 1.22. The van der Waals surface area contributed by atoms with E-state index in [-0.39, 0.29) is 24.2 Å². The van der Waals surface area contributed by atoms with Gasteiger partial charge in [-0.25, -0.2) is 0 Å². The number of hydrogen-bond acceptors (Lipinski definition) is 5. The minimum Gasteiger partial charge on any atom is -0.406 e. The SMILES string of the molecule is NCC(=O)N1CCC(n2cc(-c3ccc(OC(F)(F)F)cc3)c3cc(CN4CCN(Cc5ccccc5Cl)CC4)ccc32)CC1. The number of piperidine rings is 1. The lowest BCUT2D eigenvalue weighted by Crippen LogP contribution is -2.45. The van der Waals surface area contributed by atoms with Crippen LogP contribution < -0.4 is 10.5 Å². The molecule has 0 atom stereocenters. The molecule has 2 fully saturated rings. The Labute approximate surface area is 265 Å². The molecule has 2 saturated heterocycles. The highest BCUT2D eigenvalue weighted by atomic mass is 35.5. The molecule has 0 radical (unpaired) electrons. The Morgan fingerprint density at radius 3 is 2.20 bits per heavy atom. The zero-order chi connectivity index (χ0) is 31.6. The molecule has 2 aliphatic rings. The van der Waals surface area contributed by atoms with E-state index in [2.05, 4.69) is 49.6 Å². The highest BCUT2D eigenvalue weighted by Crippen LogP contribution is 2.37. The summed E-state index contributed by atoms with van der Waals surface area (Å²) in [5.74, 6) is -0.289. The lowest BCUT2D eigenvalue weighted by atomic mass is 10.0. The fourth-order valence-corrected chi connectivity index (χ4v) is 6.72. The van der Waals surface area contributed by atoms with Crippen molar-refractivity contribution in [1.82, 2.24) is 19.3 Å². The first-order valence-electron chi connectivity index (χ1n) is 15.3. The molecule has 0 unspecified atom stereocenters. The Morgan fingerprint density at radius 2 is 1.56 bits per heavy atom. The van der Waals surface area contributed by atoms with E-state index in [1.807, 2.05) is 23.1 Å². The maximum Gasteiger partial charge on any atom is 0.573 e. The van der Waals surface area contributed by atoms with E-state index < -0.39 is 6.36 Å². The van der Waals surface area contributed by atoms with Gasteiger partial charge >= 0.3 is 6.36 Å². The topological polar surface area (TPSA) is 67.0 Å². The number of nitrogens with two attached hydrogens (primary N) is 1. The van der Waals surface area contributed by atoms with E-state index in [0.29, 0.717) is 13.1 Å². The molecule has 3 heterocycles. The molecule has 4 aromatic rings. The van der Waals surface area contributed by atoms with Crippen LogP contribution in [0.2, 0.25) is 5.02 Å².